The third-order valence-electron chi connectivity index (χ3n) is 2.33. The largest absolute Gasteiger partial charge is 0.355 e. The number of hydrogen-bond donors (Lipinski definition) is 0. The average Bonchev–Trinajstić information content (AvgIpc) is 2.23. The summed E-state index contributed by atoms with van der Waals surface area (Å²) in [4.78, 5) is 0. The predicted molar refractivity (Wildman–Crippen MR) is 69.9 cm³/mol. The monoisotopic (exact) mass is 240 g/mol. The molecule has 0 bridgehead atoms. The maximum absolute atomic E-state index is 5.14. The quantitative estimate of drug-likeness (QED) is 0.712. The Morgan fingerprint density at radius 1 is 1.06 bits per heavy atom. The van der Waals surface area contributed by atoms with E-state index in [1.54, 1.807) is 14.2 Å². The van der Waals surface area contributed by atoms with E-state index >= 15 is 0 Å². The van der Waals surface area contributed by atoms with Gasteiger partial charge in [-0.1, -0.05) is 29.3 Å². The summed E-state index contributed by atoms with van der Waals surface area (Å²) < 4.78 is 10.3. The van der Waals surface area contributed by atoms with Crippen LogP contribution in [0.3, 0.4) is 0 Å². The molecule has 0 atom stereocenters. The number of ether oxygens (including phenoxy) is 2. The van der Waals surface area contributed by atoms with E-state index in [-0.39, 0.29) is 6.29 Å². The van der Waals surface area contributed by atoms with Crippen molar-refractivity contribution in [1.82, 2.24) is 0 Å². The lowest BCUT2D eigenvalue weighted by Gasteiger charge is -2.12. The van der Waals surface area contributed by atoms with E-state index in [0.717, 1.165) is 11.5 Å². The molecule has 90 valence electrons. The van der Waals surface area contributed by atoms with Gasteiger partial charge in [-0.25, -0.2) is 0 Å². The molecule has 16 heavy (non-hydrogen) atoms. The van der Waals surface area contributed by atoms with E-state index in [4.69, 9.17) is 9.47 Å². The lowest BCUT2D eigenvalue weighted by Crippen LogP contribution is -2.15. The predicted octanol–water partition coefficient (Wildman–Crippen LogP) is 3.16. The van der Waals surface area contributed by atoms with Gasteiger partial charge in [-0.05, 0) is 19.4 Å². The molecule has 0 fully saturated rings. The zero-order valence-corrected chi connectivity index (χ0v) is 11.3. The van der Waals surface area contributed by atoms with Gasteiger partial charge in [-0.15, -0.1) is 0 Å². The van der Waals surface area contributed by atoms with E-state index < -0.39 is 0 Å². The molecule has 0 spiro atoms. The molecule has 1 rings (SSSR count). The fourth-order valence-electron chi connectivity index (χ4n) is 1.66. The van der Waals surface area contributed by atoms with Crippen molar-refractivity contribution in [3.8, 4) is 0 Å². The van der Waals surface area contributed by atoms with Crippen molar-refractivity contribution < 1.29 is 9.47 Å². The highest BCUT2D eigenvalue weighted by Gasteiger charge is 2.05. The first-order chi connectivity index (χ1) is 7.65. The third kappa shape index (κ3) is 4.56. The lowest BCUT2D eigenvalue weighted by atomic mass is 10.1. The van der Waals surface area contributed by atoms with Crippen LogP contribution >= 0.6 is 11.8 Å². The first-order valence-corrected chi connectivity index (χ1v) is 6.51. The minimum Gasteiger partial charge on any atom is -0.355 e. The topological polar surface area (TPSA) is 18.5 Å². The maximum Gasteiger partial charge on any atom is 0.165 e. The minimum absolute atomic E-state index is 0.101. The molecule has 0 saturated heterocycles. The van der Waals surface area contributed by atoms with Gasteiger partial charge in [-0.3, -0.25) is 0 Å². The van der Waals surface area contributed by atoms with Crippen LogP contribution < -0.4 is 0 Å². The summed E-state index contributed by atoms with van der Waals surface area (Å²) in [6, 6.07) is 6.66. The van der Waals surface area contributed by atoms with Crippen LogP contribution in [0.5, 0.6) is 0 Å². The van der Waals surface area contributed by atoms with Crippen LogP contribution in [-0.4, -0.2) is 26.3 Å². The molecule has 1 aromatic carbocycles. The molecule has 0 aromatic heterocycles. The van der Waals surface area contributed by atoms with E-state index in [0.29, 0.717) is 0 Å². The average molecular weight is 240 g/mol. The van der Waals surface area contributed by atoms with Gasteiger partial charge < -0.3 is 9.47 Å². The Hall–Kier alpha value is -0.510. The summed E-state index contributed by atoms with van der Waals surface area (Å²) in [7, 11) is 3.34. The highest BCUT2D eigenvalue weighted by atomic mass is 32.2. The van der Waals surface area contributed by atoms with Crippen LogP contribution in [0, 0.1) is 13.8 Å². The van der Waals surface area contributed by atoms with Gasteiger partial charge in [0.1, 0.15) is 0 Å². The van der Waals surface area contributed by atoms with Gasteiger partial charge in [0.25, 0.3) is 0 Å². The third-order valence-corrected chi connectivity index (χ3v) is 3.38. The van der Waals surface area contributed by atoms with Crippen LogP contribution in [0.4, 0.5) is 0 Å². The fraction of sp³-hybridized carbons (Fsp3) is 0.538. The zero-order valence-electron chi connectivity index (χ0n) is 10.4. The van der Waals surface area contributed by atoms with Gasteiger partial charge in [0, 0.05) is 25.7 Å². The summed E-state index contributed by atoms with van der Waals surface area (Å²) >= 11 is 1.83. The summed E-state index contributed by atoms with van der Waals surface area (Å²) in [5.74, 6) is 1.87. The maximum atomic E-state index is 5.14. The van der Waals surface area contributed by atoms with Crippen molar-refractivity contribution in [3.05, 3.63) is 34.9 Å². The standard InChI is InChI=1S/C13H20O2S/c1-10-5-11(2)7-12(6-10)8-16-9-13(14-3)15-4/h5-7,13H,8-9H2,1-4H3. The Labute approximate surface area is 102 Å². The normalized spacial score (nSPS) is 11.1. The summed E-state index contributed by atoms with van der Waals surface area (Å²) in [5, 5.41) is 0. The van der Waals surface area contributed by atoms with Crippen LogP contribution in [0.2, 0.25) is 0 Å². The minimum atomic E-state index is -0.101. The summed E-state index contributed by atoms with van der Waals surface area (Å²) in [5.41, 5.74) is 4.02. The molecule has 0 saturated carbocycles. The molecule has 1 aromatic rings. The molecular formula is C13H20O2S. The van der Waals surface area contributed by atoms with Crippen LogP contribution in [0.1, 0.15) is 16.7 Å². The Morgan fingerprint density at radius 2 is 1.62 bits per heavy atom. The van der Waals surface area contributed by atoms with Crippen molar-refractivity contribution in [1.29, 1.82) is 0 Å². The SMILES string of the molecule is COC(CSCc1cc(C)cc(C)c1)OC. The Morgan fingerprint density at radius 3 is 2.12 bits per heavy atom. The van der Waals surface area contributed by atoms with Gasteiger partial charge in [0.05, 0.1) is 0 Å². The van der Waals surface area contributed by atoms with Crippen LogP contribution in [0.25, 0.3) is 0 Å². The van der Waals surface area contributed by atoms with Crippen LogP contribution in [-0.2, 0) is 15.2 Å². The lowest BCUT2D eigenvalue weighted by molar-refractivity contribution is -0.0842. The van der Waals surface area contributed by atoms with E-state index in [9.17, 15) is 0 Å². The second-order valence-corrected chi connectivity index (χ2v) is 4.94. The summed E-state index contributed by atoms with van der Waals surface area (Å²) in [6.45, 7) is 4.27. The smallest absolute Gasteiger partial charge is 0.165 e. The number of thioether (sulfide) groups is 1. The number of hydrogen-bond acceptors (Lipinski definition) is 3. The van der Waals surface area contributed by atoms with Crippen molar-refractivity contribution in [2.24, 2.45) is 0 Å². The molecule has 0 unspecified atom stereocenters. The molecule has 0 aliphatic carbocycles. The van der Waals surface area contributed by atoms with E-state index in [1.165, 1.54) is 16.7 Å². The molecule has 2 nitrogen and oxygen atoms in total. The van der Waals surface area contributed by atoms with Crippen molar-refractivity contribution in [3.63, 3.8) is 0 Å². The summed E-state index contributed by atoms with van der Waals surface area (Å²) in [6.07, 6.45) is -0.101. The Kier molecular flexibility index (Phi) is 5.88. The number of aryl methyl sites for hydroxylation is 2. The van der Waals surface area contributed by atoms with Gasteiger partial charge in [0.15, 0.2) is 6.29 Å². The van der Waals surface area contributed by atoms with Crippen LogP contribution in [0.15, 0.2) is 18.2 Å². The number of rotatable bonds is 6. The Balaban J connectivity index is 2.42. The van der Waals surface area contributed by atoms with E-state index in [1.807, 2.05) is 11.8 Å². The first-order valence-electron chi connectivity index (χ1n) is 5.36. The molecule has 0 aliphatic heterocycles. The molecule has 0 N–H and O–H groups in total. The molecule has 3 heteroatoms. The molecule has 0 amide bonds. The van der Waals surface area contributed by atoms with Crippen molar-refractivity contribution in [2.45, 2.75) is 25.9 Å². The molecular weight excluding hydrogens is 220 g/mol. The molecule has 0 aliphatic rings. The first kappa shape index (κ1) is 13.6. The highest BCUT2D eigenvalue weighted by Crippen LogP contribution is 2.17. The van der Waals surface area contributed by atoms with Gasteiger partial charge in [-0.2, -0.15) is 11.8 Å². The highest BCUT2D eigenvalue weighted by molar-refractivity contribution is 7.98. The van der Waals surface area contributed by atoms with Crippen molar-refractivity contribution in [2.75, 3.05) is 20.0 Å². The number of methoxy groups -OCH3 is 2. The fourth-order valence-corrected chi connectivity index (χ4v) is 2.64. The number of benzene rings is 1. The molecule has 0 heterocycles. The van der Waals surface area contributed by atoms with Crippen molar-refractivity contribution >= 4 is 11.8 Å². The van der Waals surface area contributed by atoms with Gasteiger partial charge >= 0.3 is 0 Å². The molecule has 0 radical (unpaired) electrons. The second kappa shape index (κ2) is 6.94. The Bertz CT molecular complexity index is 301. The van der Waals surface area contributed by atoms with E-state index in [2.05, 4.69) is 32.0 Å². The zero-order chi connectivity index (χ0) is 12.0. The second-order valence-electron chi connectivity index (χ2n) is 3.91. The van der Waals surface area contributed by atoms with Gasteiger partial charge in [0.2, 0.25) is 0 Å².